The van der Waals surface area contributed by atoms with Crippen molar-refractivity contribution in [1.29, 1.82) is 0 Å². The molecule has 1 aliphatic rings. The predicted octanol–water partition coefficient (Wildman–Crippen LogP) is 4.12. The first-order valence-corrected chi connectivity index (χ1v) is 8.45. The Bertz CT molecular complexity index is 462. The van der Waals surface area contributed by atoms with Crippen molar-refractivity contribution in [3.63, 3.8) is 0 Å². The van der Waals surface area contributed by atoms with Gasteiger partial charge in [-0.05, 0) is 24.5 Å². The molecule has 1 aliphatic heterocycles. The summed E-state index contributed by atoms with van der Waals surface area (Å²) in [6, 6.07) is 10.1. The Balaban J connectivity index is 2.18. The molecule has 1 fully saturated rings. The molecule has 0 amide bonds. The lowest BCUT2D eigenvalue weighted by molar-refractivity contribution is -0.176. The molecule has 0 aliphatic carbocycles. The van der Waals surface area contributed by atoms with Gasteiger partial charge in [0.25, 0.3) is 0 Å². The van der Waals surface area contributed by atoms with E-state index in [2.05, 4.69) is 32.9 Å². The molecule has 21 heavy (non-hydrogen) atoms. The van der Waals surface area contributed by atoms with Crippen molar-refractivity contribution in [2.45, 2.75) is 56.7 Å². The smallest absolute Gasteiger partial charge is 0.303 e. The Labute approximate surface area is 131 Å². The fourth-order valence-corrected chi connectivity index (χ4v) is 4.03. The predicted molar refractivity (Wildman–Crippen MR) is 85.1 cm³/mol. The Morgan fingerprint density at radius 1 is 1.24 bits per heavy atom. The maximum atomic E-state index is 11.4. The van der Waals surface area contributed by atoms with Gasteiger partial charge in [-0.25, -0.2) is 0 Å². The highest BCUT2D eigenvalue weighted by atomic mass is 32.2. The van der Waals surface area contributed by atoms with Gasteiger partial charge in [0.1, 0.15) is 11.5 Å². The molecule has 2 rings (SSSR count). The summed E-state index contributed by atoms with van der Waals surface area (Å²) in [5.74, 6) is 0.428. The van der Waals surface area contributed by atoms with E-state index in [0.717, 1.165) is 11.3 Å². The SMILES string of the molecule is CCC1OC(Sc2ccccc2)C(OC(C)=O)[C@@H](C)[C@@H]1C. The number of carbonyl (C=O) groups excluding carboxylic acids is 1. The molecular weight excluding hydrogens is 284 g/mol. The lowest BCUT2D eigenvalue weighted by Crippen LogP contribution is -2.49. The van der Waals surface area contributed by atoms with Gasteiger partial charge in [-0.2, -0.15) is 0 Å². The Morgan fingerprint density at radius 2 is 1.90 bits per heavy atom. The van der Waals surface area contributed by atoms with Gasteiger partial charge < -0.3 is 9.47 Å². The molecule has 3 nitrogen and oxygen atoms in total. The number of rotatable bonds is 4. The minimum absolute atomic E-state index is 0.146. The van der Waals surface area contributed by atoms with Crippen molar-refractivity contribution in [3.8, 4) is 0 Å². The van der Waals surface area contributed by atoms with E-state index in [-0.39, 0.29) is 29.5 Å². The van der Waals surface area contributed by atoms with Crippen molar-refractivity contribution < 1.29 is 14.3 Å². The summed E-state index contributed by atoms with van der Waals surface area (Å²) >= 11 is 1.64. The second-order valence-electron chi connectivity index (χ2n) is 5.67. The van der Waals surface area contributed by atoms with Crippen LogP contribution in [0.5, 0.6) is 0 Å². The molecule has 116 valence electrons. The highest BCUT2D eigenvalue weighted by Gasteiger charge is 2.43. The summed E-state index contributed by atoms with van der Waals surface area (Å²) in [6.07, 6.45) is 0.989. The van der Waals surface area contributed by atoms with E-state index >= 15 is 0 Å². The second kappa shape index (κ2) is 7.32. The van der Waals surface area contributed by atoms with Crippen molar-refractivity contribution in [1.82, 2.24) is 0 Å². The third kappa shape index (κ3) is 4.01. The maximum absolute atomic E-state index is 11.4. The fourth-order valence-electron chi connectivity index (χ4n) is 2.81. The molecule has 0 aromatic heterocycles. The van der Waals surface area contributed by atoms with Crippen LogP contribution in [0.1, 0.15) is 34.1 Å². The molecule has 0 saturated carbocycles. The van der Waals surface area contributed by atoms with Crippen LogP contribution in [-0.4, -0.2) is 23.6 Å². The molecule has 5 atom stereocenters. The van der Waals surface area contributed by atoms with Crippen molar-refractivity contribution >= 4 is 17.7 Å². The highest BCUT2D eigenvalue weighted by Crippen LogP contribution is 2.40. The Morgan fingerprint density at radius 3 is 2.48 bits per heavy atom. The quantitative estimate of drug-likeness (QED) is 0.784. The average Bonchev–Trinajstić information content (AvgIpc) is 2.47. The van der Waals surface area contributed by atoms with Crippen LogP contribution in [0.3, 0.4) is 0 Å². The van der Waals surface area contributed by atoms with Crippen molar-refractivity contribution in [3.05, 3.63) is 30.3 Å². The lowest BCUT2D eigenvalue weighted by Gasteiger charge is -2.43. The molecule has 1 saturated heterocycles. The summed E-state index contributed by atoms with van der Waals surface area (Å²) in [6.45, 7) is 7.94. The van der Waals surface area contributed by atoms with Gasteiger partial charge in [-0.15, -0.1) is 0 Å². The van der Waals surface area contributed by atoms with Crippen LogP contribution in [0.25, 0.3) is 0 Å². The highest BCUT2D eigenvalue weighted by molar-refractivity contribution is 7.99. The van der Waals surface area contributed by atoms with Gasteiger partial charge in [0, 0.05) is 17.7 Å². The first kappa shape index (κ1) is 16.4. The van der Waals surface area contributed by atoms with Gasteiger partial charge in [0.15, 0.2) is 0 Å². The number of ether oxygens (including phenoxy) is 2. The molecule has 0 radical (unpaired) electrons. The van der Waals surface area contributed by atoms with Crippen molar-refractivity contribution in [2.75, 3.05) is 0 Å². The van der Waals surface area contributed by atoms with E-state index in [1.165, 1.54) is 6.92 Å². The number of hydrogen-bond donors (Lipinski definition) is 0. The van der Waals surface area contributed by atoms with Gasteiger partial charge >= 0.3 is 5.97 Å². The van der Waals surface area contributed by atoms with Crippen molar-refractivity contribution in [2.24, 2.45) is 11.8 Å². The monoisotopic (exact) mass is 308 g/mol. The van der Waals surface area contributed by atoms with Crippen LogP contribution >= 0.6 is 11.8 Å². The minimum Gasteiger partial charge on any atom is -0.459 e. The van der Waals surface area contributed by atoms with Crippen LogP contribution in [-0.2, 0) is 14.3 Å². The largest absolute Gasteiger partial charge is 0.459 e. The number of thioether (sulfide) groups is 1. The average molecular weight is 308 g/mol. The zero-order valence-electron chi connectivity index (χ0n) is 13.1. The van der Waals surface area contributed by atoms with Crippen LogP contribution in [0, 0.1) is 11.8 Å². The van der Waals surface area contributed by atoms with Crippen LogP contribution in [0.15, 0.2) is 35.2 Å². The molecular formula is C17H24O3S. The van der Waals surface area contributed by atoms with E-state index in [0.29, 0.717) is 5.92 Å². The van der Waals surface area contributed by atoms with E-state index in [1.807, 2.05) is 18.2 Å². The topological polar surface area (TPSA) is 35.5 Å². The van der Waals surface area contributed by atoms with Gasteiger partial charge in [0.05, 0.1) is 6.10 Å². The molecule has 0 spiro atoms. The molecule has 4 heteroatoms. The number of carbonyl (C=O) groups is 1. The normalized spacial score (nSPS) is 32.7. The van der Waals surface area contributed by atoms with E-state index in [4.69, 9.17) is 9.47 Å². The number of esters is 1. The molecule has 3 unspecified atom stereocenters. The summed E-state index contributed by atoms with van der Waals surface area (Å²) < 4.78 is 11.8. The van der Waals surface area contributed by atoms with Gasteiger partial charge in [-0.1, -0.05) is 50.7 Å². The molecule has 0 bridgehead atoms. The summed E-state index contributed by atoms with van der Waals surface area (Å²) in [5.41, 5.74) is -0.146. The van der Waals surface area contributed by atoms with E-state index < -0.39 is 0 Å². The van der Waals surface area contributed by atoms with Gasteiger partial charge in [-0.3, -0.25) is 4.79 Å². The summed E-state index contributed by atoms with van der Waals surface area (Å²) in [4.78, 5) is 12.6. The molecule has 1 aromatic carbocycles. The van der Waals surface area contributed by atoms with Gasteiger partial charge in [0.2, 0.25) is 0 Å². The zero-order valence-corrected chi connectivity index (χ0v) is 13.9. The lowest BCUT2D eigenvalue weighted by atomic mass is 9.83. The molecule has 1 aromatic rings. The Hall–Kier alpha value is -1.00. The number of benzene rings is 1. The third-order valence-electron chi connectivity index (χ3n) is 4.21. The van der Waals surface area contributed by atoms with Crippen LogP contribution in [0.2, 0.25) is 0 Å². The maximum Gasteiger partial charge on any atom is 0.303 e. The number of hydrogen-bond acceptors (Lipinski definition) is 4. The van der Waals surface area contributed by atoms with Crippen LogP contribution in [0.4, 0.5) is 0 Å². The second-order valence-corrected chi connectivity index (χ2v) is 6.85. The minimum atomic E-state index is -0.240. The van der Waals surface area contributed by atoms with E-state index in [9.17, 15) is 4.79 Å². The Kier molecular flexibility index (Phi) is 5.71. The first-order valence-electron chi connectivity index (χ1n) is 7.57. The molecule has 1 heterocycles. The third-order valence-corrected chi connectivity index (χ3v) is 5.37. The molecule has 0 N–H and O–H groups in total. The standard InChI is InChI=1S/C17H24O3S/c1-5-15-11(2)12(3)16(19-13(4)18)17(20-15)21-14-9-7-6-8-10-14/h6-12,15-17H,5H2,1-4H3/t11-,12-,15?,16?,17?/m0/s1. The summed E-state index contributed by atoms with van der Waals surface area (Å²) in [5, 5.41) is 0. The summed E-state index contributed by atoms with van der Waals surface area (Å²) in [7, 11) is 0. The zero-order chi connectivity index (χ0) is 15.4. The first-order chi connectivity index (χ1) is 10.0. The van der Waals surface area contributed by atoms with Crippen LogP contribution < -0.4 is 0 Å². The van der Waals surface area contributed by atoms with E-state index in [1.54, 1.807) is 11.8 Å². The fraction of sp³-hybridized carbons (Fsp3) is 0.588.